The molecule has 1 heterocycles. The predicted molar refractivity (Wildman–Crippen MR) is 95.3 cm³/mol. The van der Waals surface area contributed by atoms with Gasteiger partial charge in [0, 0.05) is 41.7 Å². The summed E-state index contributed by atoms with van der Waals surface area (Å²) in [5.41, 5.74) is 2.02. The van der Waals surface area contributed by atoms with Crippen molar-refractivity contribution in [3.05, 3.63) is 34.4 Å². The summed E-state index contributed by atoms with van der Waals surface area (Å²) in [6.07, 6.45) is 0. The molecule has 0 unspecified atom stereocenters. The molecule has 0 N–H and O–H groups in total. The van der Waals surface area contributed by atoms with Gasteiger partial charge in [0.2, 0.25) is 11.8 Å². The van der Waals surface area contributed by atoms with Crippen LogP contribution in [0, 0.1) is 6.92 Å². The Morgan fingerprint density at radius 3 is 2.43 bits per heavy atom. The highest BCUT2D eigenvalue weighted by molar-refractivity contribution is 9.10. The number of fused-ring (bicyclic) bond motifs is 1. The van der Waals surface area contributed by atoms with E-state index in [0.717, 1.165) is 21.1 Å². The topological polar surface area (TPSA) is 45.6 Å². The molecule has 0 spiro atoms. The maximum Gasteiger partial charge on any atom is 0.242 e. The lowest BCUT2D eigenvalue weighted by molar-refractivity contribution is -0.139. The number of likely N-dealkylation sites (N-methyl/N-ethyl adjacent to an activating group) is 2. The lowest BCUT2D eigenvalue weighted by Crippen LogP contribution is -2.41. The van der Waals surface area contributed by atoms with Gasteiger partial charge < -0.3 is 14.4 Å². The fourth-order valence-electron chi connectivity index (χ4n) is 2.51. The molecule has 0 fully saturated rings. The van der Waals surface area contributed by atoms with Gasteiger partial charge >= 0.3 is 0 Å². The standard InChI is InChI=1S/C17H22BrN3O2/c1-5-20(10-15(22)19(3)4)16(23)11-21-12(2)17(18)13-8-6-7-9-14(13)21/h6-9H,5,10-11H2,1-4H3. The maximum atomic E-state index is 12.6. The molecule has 2 amide bonds. The Morgan fingerprint density at radius 2 is 1.83 bits per heavy atom. The third-order valence-electron chi connectivity index (χ3n) is 4.01. The number of rotatable bonds is 5. The van der Waals surface area contributed by atoms with Gasteiger partial charge in [-0.3, -0.25) is 9.59 Å². The van der Waals surface area contributed by atoms with Gasteiger partial charge in [-0.1, -0.05) is 18.2 Å². The first-order valence-corrected chi connectivity index (χ1v) is 8.37. The average Bonchev–Trinajstić information content (AvgIpc) is 2.77. The van der Waals surface area contributed by atoms with Gasteiger partial charge in [0.05, 0.1) is 6.54 Å². The number of carbonyl (C=O) groups is 2. The fourth-order valence-corrected chi connectivity index (χ4v) is 3.06. The fraction of sp³-hybridized carbons (Fsp3) is 0.412. The number of hydrogen-bond acceptors (Lipinski definition) is 2. The summed E-state index contributed by atoms with van der Waals surface area (Å²) in [4.78, 5) is 27.6. The summed E-state index contributed by atoms with van der Waals surface area (Å²) >= 11 is 3.60. The Balaban J connectivity index is 2.26. The van der Waals surface area contributed by atoms with Gasteiger partial charge in [0.25, 0.3) is 0 Å². The molecular formula is C17H22BrN3O2. The molecule has 23 heavy (non-hydrogen) atoms. The van der Waals surface area contributed by atoms with Crippen LogP contribution >= 0.6 is 15.9 Å². The Morgan fingerprint density at radius 1 is 1.17 bits per heavy atom. The molecule has 0 saturated heterocycles. The van der Waals surface area contributed by atoms with E-state index in [9.17, 15) is 9.59 Å². The Hall–Kier alpha value is -1.82. The molecule has 0 bridgehead atoms. The highest BCUT2D eigenvalue weighted by atomic mass is 79.9. The third-order valence-corrected chi connectivity index (χ3v) is 5.01. The van der Waals surface area contributed by atoms with Crippen LogP contribution in [-0.4, -0.2) is 53.4 Å². The number of aromatic nitrogens is 1. The molecule has 0 saturated carbocycles. The molecule has 2 rings (SSSR count). The van der Waals surface area contributed by atoms with Crippen molar-refractivity contribution in [1.29, 1.82) is 0 Å². The number of benzene rings is 1. The van der Waals surface area contributed by atoms with Crippen LogP contribution in [0.2, 0.25) is 0 Å². The van der Waals surface area contributed by atoms with Crippen LogP contribution in [-0.2, 0) is 16.1 Å². The second-order valence-electron chi connectivity index (χ2n) is 5.70. The van der Waals surface area contributed by atoms with Gasteiger partial charge in [0.1, 0.15) is 6.54 Å². The van der Waals surface area contributed by atoms with Crippen molar-refractivity contribution in [2.45, 2.75) is 20.4 Å². The van der Waals surface area contributed by atoms with Gasteiger partial charge in [0.15, 0.2) is 0 Å². The smallest absolute Gasteiger partial charge is 0.242 e. The summed E-state index contributed by atoms with van der Waals surface area (Å²) in [5.74, 6) is -0.130. The second kappa shape index (κ2) is 7.17. The van der Waals surface area contributed by atoms with Gasteiger partial charge in [-0.25, -0.2) is 0 Å². The average molecular weight is 380 g/mol. The molecule has 0 aliphatic rings. The SMILES string of the molecule is CCN(CC(=O)N(C)C)C(=O)Cn1c(C)c(Br)c2ccccc21. The molecular weight excluding hydrogens is 358 g/mol. The number of para-hydroxylation sites is 1. The minimum atomic E-state index is -0.0736. The maximum absolute atomic E-state index is 12.6. The van der Waals surface area contributed by atoms with Crippen LogP contribution in [0.1, 0.15) is 12.6 Å². The minimum absolute atomic E-state index is 0.0564. The van der Waals surface area contributed by atoms with Crippen LogP contribution in [0.3, 0.4) is 0 Å². The van der Waals surface area contributed by atoms with Crippen molar-refractivity contribution < 1.29 is 9.59 Å². The molecule has 0 aliphatic carbocycles. The van der Waals surface area contributed by atoms with E-state index in [1.165, 1.54) is 4.90 Å². The van der Waals surface area contributed by atoms with E-state index >= 15 is 0 Å². The molecule has 5 nitrogen and oxygen atoms in total. The second-order valence-corrected chi connectivity index (χ2v) is 6.49. The van der Waals surface area contributed by atoms with E-state index in [1.807, 2.05) is 42.7 Å². The number of amides is 2. The highest BCUT2D eigenvalue weighted by Crippen LogP contribution is 2.30. The molecule has 1 aromatic carbocycles. The molecule has 2 aromatic rings. The minimum Gasteiger partial charge on any atom is -0.347 e. The molecule has 0 atom stereocenters. The number of halogens is 1. The molecule has 124 valence electrons. The predicted octanol–water partition coefficient (Wildman–Crippen LogP) is 2.65. The van der Waals surface area contributed by atoms with Crippen molar-refractivity contribution >= 4 is 38.6 Å². The van der Waals surface area contributed by atoms with Gasteiger partial charge in [-0.15, -0.1) is 0 Å². The Bertz CT molecular complexity index is 737. The first kappa shape index (κ1) is 17.5. The van der Waals surface area contributed by atoms with Crippen molar-refractivity contribution in [2.75, 3.05) is 27.2 Å². The largest absolute Gasteiger partial charge is 0.347 e. The molecule has 6 heteroatoms. The van der Waals surface area contributed by atoms with Crippen molar-refractivity contribution in [3.63, 3.8) is 0 Å². The lowest BCUT2D eigenvalue weighted by atomic mass is 10.2. The first-order chi connectivity index (χ1) is 10.9. The number of hydrogen-bond donors (Lipinski definition) is 0. The number of nitrogens with zero attached hydrogens (tertiary/aromatic N) is 3. The Labute approximate surface area is 145 Å². The van der Waals surface area contributed by atoms with Crippen LogP contribution in [0.4, 0.5) is 0 Å². The zero-order valence-electron chi connectivity index (χ0n) is 14.0. The monoisotopic (exact) mass is 379 g/mol. The summed E-state index contributed by atoms with van der Waals surface area (Å²) in [6.45, 7) is 4.72. The van der Waals surface area contributed by atoms with Crippen LogP contribution < -0.4 is 0 Å². The van der Waals surface area contributed by atoms with E-state index in [-0.39, 0.29) is 24.9 Å². The van der Waals surface area contributed by atoms with E-state index in [1.54, 1.807) is 19.0 Å². The van der Waals surface area contributed by atoms with E-state index in [0.29, 0.717) is 6.54 Å². The summed E-state index contributed by atoms with van der Waals surface area (Å²) in [7, 11) is 3.39. The molecule has 1 aromatic heterocycles. The van der Waals surface area contributed by atoms with Crippen molar-refractivity contribution in [1.82, 2.24) is 14.4 Å². The van der Waals surface area contributed by atoms with Crippen LogP contribution in [0.25, 0.3) is 10.9 Å². The van der Waals surface area contributed by atoms with Crippen LogP contribution in [0.15, 0.2) is 28.7 Å². The summed E-state index contributed by atoms with van der Waals surface area (Å²) < 4.78 is 3.00. The highest BCUT2D eigenvalue weighted by Gasteiger charge is 2.19. The van der Waals surface area contributed by atoms with Crippen LogP contribution in [0.5, 0.6) is 0 Å². The van der Waals surface area contributed by atoms with E-state index < -0.39 is 0 Å². The van der Waals surface area contributed by atoms with Gasteiger partial charge in [-0.05, 0) is 35.8 Å². The first-order valence-electron chi connectivity index (χ1n) is 7.58. The zero-order valence-corrected chi connectivity index (χ0v) is 15.6. The quantitative estimate of drug-likeness (QED) is 0.801. The molecule has 0 radical (unpaired) electrons. The summed E-state index contributed by atoms with van der Waals surface area (Å²) in [6, 6.07) is 7.97. The zero-order chi connectivity index (χ0) is 17.1. The van der Waals surface area contributed by atoms with E-state index in [2.05, 4.69) is 15.9 Å². The Kier molecular flexibility index (Phi) is 5.46. The lowest BCUT2D eigenvalue weighted by Gasteiger charge is -2.23. The van der Waals surface area contributed by atoms with E-state index in [4.69, 9.17) is 0 Å². The molecule has 0 aliphatic heterocycles. The summed E-state index contributed by atoms with van der Waals surface area (Å²) in [5, 5.41) is 1.09. The normalized spacial score (nSPS) is 10.8. The van der Waals surface area contributed by atoms with Gasteiger partial charge in [-0.2, -0.15) is 0 Å². The number of carbonyl (C=O) groups excluding carboxylic acids is 2. The van der Waals surface area contributed by atoms with Crippen molar-refractivity contribution in [3.8, 4) is 0 Å². The van der Waals surface area contributed by atoms with Crippen molar-refractivity contribution in [2.24, 2.45) is 0 Å². The third kappa shape index (κ3) is 3.58.